The molecule has 0 aromatic carbocycles. The molecule has 0 amide bonds. The number of rotatable bonds is 26. The highest BCUT2D eigenvalue weighted by Crippen LogP contribution is 2.15. The molecule has 186 valence electrons. The molecule has 0 atom stereocenters. The fourth-order valence-electron chi connectivity index (χ4n) is 4.40. The van der Waals surface area contributed by atoms with Gasteiger partial charge in [0.15, 0.2) is 0 Å². The predicted molar refractivity (Wildman–Crippen MR) is 135 cm³/mol. The van der Waals surface area contributed by atoms with E-state index in [1.54, 1.807) is 0 Å². The largest absolute Gasteiger partial charge is 0.505 e. The van der Waals surface area contributed by atoms with Crippen LogP contribution in [-0.2, 0) is 4.74 Å². The minimum atomic E-state index is -1.15. The first-order chi connectivity index (χ1) is 15.3. The minimum absolute atomic E-state index is 0.356. The highest BCUT2D eigenvalue weighted by molar-refractivity contribution is 5.56. The van der Waals surface area contributed by atoms with Crippen LogP contribution in [0.5, 0.6) is 0 Å². The van der Waals surface area contributed by atoms with E-state index in [9.17, 15) is 4.79 Å². The molecule has 0 aromatic rings. The third kappa shape index (κ3) is 29.3. The molecular formula is C28H56O3. The maximum atomic E-state index is 10.2. The van der Waals surface area contributed by atoms with Crippen LogP contribution in [0.1, 0.15) is 167 Å². The fourth-order valence-corrected chi connectivity index (χ4v) is 4.40. The zero-order chi connectivity index (χ0) is 22.7. The molecule has 31 heavy (non-hydrogen) atoms. The van der Waals surface area contributed by atoms with Crippen LogP contribution in [0.15, 0.2) is 0 Å². The maximum absolute atomic E-state index is 10.2. The van der Waals surface area contributed by atoms with E-state index < -0.39 is 6.16 Å². The van der Waals surface area contributed by atoms with E-state index in [-0.39, 0.29) is 0 Å². The third-order valence-electron chi connectivity index (χ3n) is 6.47. The van der Waals surface area contributed by atoms with Crippen molar-refractivity contribution >= 4 is 6.16 Å². The second-order valence-electron chi connectivity index (χ2n) is 9.60. The first kappa shape index (κ1) is 30.3. The van der Waals surface area contributed by atoms with Gasteiger partial charge < -0.3 is 9.84 Å². The molecule has 0 aromatic heterocycles. The molecule has 0 aliphatic rings. The van der Waals surface area contributed by atoms with Gasteiger partial charge >= 0.3 is 6.16 Å². The van der Waals surface area contributed by atoms with Gasteiger partial charge in [-0.15, -0.1) is 0 Å². The van der Waals surface area contributed by atoms with Crippen molar-refractivity contribution in [3.05, 3.63) is 0 Å². The van der Waals surface area contributed by atoms with Gasteiger partial charge in [0, 0.05) is 0 Å². The summed E-state index contributed by atoms with van der Waals surface area (Å²) in [5.41, 5.74) is 0. The van der Waals surface area contributed by atoms with Crippen LogP contribution in [0.3, 0.4) is 0 Å². The van der Waals surface area contributed by atoms with E-state index in [0.717, 1.165) is 12.8 Å². The van der Waals surface area contributed by atoms with Crippen molar-refractivity contribution in [3.8, 4) is 0 Å². The molecule has 3 nitrogen and oxygen atoms in total. The van der Waals surface area contributed by atoms with E-state index >= 15 is 0 Å². The summed E-state index contributed by atoms with van der Waals surface area (Å²) in [6.07, 6.45) is 33.4. The zero-order valence-electron chi connectivity index (χ0n) is 21.1. The highest BCUT2D eigenvalue weighted by Gasteiger charge is 1.97. The van der Waals surface area contributed by atoms with Crippen molar-refractivity contribution in [2.24, 2.45) is 0 Å². The van der Waals surface area contributed by atoms with Gasteiger partial charge in [-0.25, -0.2) is 4.79 Å². The van der Waals surface area contributed by atoms with Crippen LogP contribution in [0, 0.1) is 0 Å². The lowest BCUT2D eigenvalue weighted by Crippen LogP contribution is -2.01. The summed E-state index contributed by atoms with van der Waals surface area (Å²) in [5.74, 6) is 0. The quantitative estimate of drug-likeness (QED) is 0.107. The molecule has 0 spiro atoms. The summed E-state index contributed by atoms with van der Waals surface area (Å²) in [6, 6.07) is 0. The summed E-state index contributed by atoms with van der Waals surface area (Å²) in [4.78, 5) is 10.2. The monoisotopic (exact) mass is 440 g/mol. The lowest BCUT2D eigenvalue weighted by Gasteiger charge is -2.04. The van der Waals surface area contributed by atoms with Crippen molar-refractivity contribution in [2.75, 3.05) is 6.61 Å². The van der Waals surface area contributed by atoms with Gasteiger partial charge in [-0.05, 0) is 6.42 Å². The first-order valence-corrected chi connectivity index (χ1v) is 14.1. The van der Waals surface area contributed by atoms with Gasteiger partial charge in [-0.2, -0.15) is 0 Å². The van der Waals surface area contributed by atoms with Crippen molar-refractivity contribution in [1.82, 2.24) is 0 Å². The van der Waals surface area contributed by atoms with Gasteiger partial charge in [0.25, 0.3) is 0 Å². The summed E-state index contributed by atoms with van der Waals surface area (Å²) in [5, 5.41) is 8.38. The average Bonchev–Trinajstić information content (AvgIpc) is 2.76. The Balaban J connectivity index is 3.00. The van der Waals surface area contributed by atoms with E-state index in [4.69, 9.17) is 5.11 Å². The van der Waals surface area contributed by atoms with Crippen molar-refractivity contribution in [3.63, 3.8) is 0 Å². The molecule has 0 fully saturated rings. The smallest absolute Gasteiger partial charge is 0.450 e. The lowest BCUT2D eigenvalue weighted by atomic mass is 10.0. The average molecular weight is 441 g/mol. The topological polar surface area (TPSA) is 46.5 Å². The standard InChI is InChI=1S/C28H56O3/c1-2-3-4-5-6-7-8-9-10-11-12-13-14-15-16-17-18-19-20-21-22-23-24-25-26-27-31-28(29)30/h2-27H2,1H3,(H,29,30). The Bertz CT molecular complexity index is 343. The van der Waals surface area contributed by atoms with E-state index in [1.165, 1.54) is 148 Å². The van der Waals surface area contributed by atoms with Gasteiger partial charge in [0.05, 0.1) is 6.61 Å². The predicted octanol–water partition coefficient (Wildman–Crippen LogP) is 10.5. The van der Waals surface area contributed by atoms with Gasteiger partial charge in [0.2, 0.25) is 0 Å². The van der Waals surface area contributed by atoms with E-state index in [1.807, 2.05) is 0 Å². The van der Waals surface area contributed by atoms with Crippen LogP contribution in [0.25, 0.3) is 0 Å². The first-order valence-electron chi connectivity index (χ1n) is 14.1. The number of hydrogen-bond donors (Lipinski definition) is 1. The normalized spacial score (nSPS) is 11.1. The second-order valence-corrected chi connectivity index (χ2v) is 9.60. The number of carbonyl (C=O) groups is 1. The Morgan fingerprint density at radius 3 is 0.903 bits per heavy atom. The Morgan fingerprint density at radius 2 is 0.677 bits per heavy atom. The Kier molecular flexibility index (Phi) is 26.7. The summed E-state index contributed by atoms with van der Waals surface area (Å²) in [6.45, 7) is 2.65. The number of ether oxygens (including phenoxy) is 1. The second kappa shape index (κ2) is 27.3. The fraction of sp³-hybridized carbons (Fsp3) is 0.964. The molecule has 0 bridgehead atoms. The number of hydrogen-bond acceptors (Lipinski definition) is 2. The van der Waals surface area contributed by atoms with E-state index in [2.05, 4.69) is 11.7 Å². The summed E-state index contributed by atoms with van der Waals surface area (Å²) >= 11 is 0. The molecule has 0 radical (unpaired) electrons. The molecule has 0 saturated carbocycles. The summed E-state index contributed by atoms with van der Waals surface area (Å²) in [7, 11) is 0. The molecule has 0 heterocycles. The molecule has 0 aliphatic heterocycles. The Labute approximate surface area is 195 Å². The molecule has 3 heteroatoms. The van der Waals surface area contributed by atoms with Crippen molar-refractivity contribution < 1.29 is 14.6 Å². The molecule has 1 N–H and O–H groups in total. The van der Waals surface area contributed by atoms with Gasteiger partial charge in [0.1, 0.15) is 0 Å². The lowest BCUT2D eigenvalue weighted by molar-refractivity contribution is 0.0899. The Hall–Kier alpha value is -0.730. The highest BCUT2D eigenvalue weighted by atomic mass is 16.7. The minimum Gasteiger partial charge on any atom is -0.450 e. The number of unbranched alkanes of at least 4 members (excludes halogenated alkanes) is 24. The SMILES string of the molecule is CCCCCCCCCCCCCCCCCCCCCCCCCCCOC(=O)O. The maximum Gasteiger partial charge on any atom is 0.505 e. The van der Waals surface area contributed by atoms with Crippen LogP contribution >= 0.6 is 0 Å². The summed E-state index contributed by atoms with van der Waals surface area (Å²) < 4.78 is 4.51. The van der Waals surface area contributed by atoms with Gasteiger partial charge in [-0.3, -0.25) is 0 Å². The van der Waals surface area contributed by atoms with Crippen LogP contribution in [-0.4, -0.2) is 17.9 Å². The molecular weight excluding hydrogens is 384 g/mol. The van der Waals surface area contributed by atoms with Crippen LogP contribution < -0.4 is 0 Å². The Morgan fingerprint density at radius 1 is 0.452 bits per heavy atom. The zero-order valence-corrected chi connectivity index (χ0v) is 21.1. The molecule has 0 unspecified atom stereocenters. The van der Waals surface area contributed by atoms with Crippen molar-refractivity contribution in [1.29, 1.82) is 0 Å². The van der Waals surface area contributed by atoms with Gasteiger partial charge in [-0.1, -0.05) is 161 Å². The molecule has 0 aliphatic carbocycles. The van der Waals surface area contributed by atoms with Crippen molar-refractivity contribution in [2.45, 2.75) is 167 Å². The molecule has 0 saturated heterocycles. The van der Waals surface area contributed by atoms with Crippen LogP contribution in [0.4, 0.5) is 4.79 Å². The van der Waals surface area contributed by atoms with E-state index in [0.29, 0.717) is 6.61 Å². The third-order valence-corrected chi connectivity index (χ3v) is 6.47. The van der Waals surface area contributed by atoms with Crippen LogP contribution in [0.2, 0.25) is 0 Å². The number of carboxylic acid groups (broad SMARTS) is 1. The molecule has 0 rings (SSSR count).